The number of halogens is 2. The van der Waals surface area contributed by atoms with Gasteiger partial charge in [0.2, 0.25) is 0 Å². The number of benzene rings is 2. The van der Waals surface area contributed by atoms with Crippen LogP contribution in [0.4, 0.5) is 0 Å². The zero-order valence-corrected chi connectivity index (χ0v) is 15.1. The molecular weight excluding hydrogens is 348 g/mol. The average molecular weight is 362 g/mol. The number of nitrogens with zero attached hydrogens (tertiary/aromatic N) is 1. The monoisotopic (exact) mass is 361 g/mol. The molecular formula is C18H14Cl2NOP. The number of aromatic nitrogens is 1. The van der Waals surface area contributed by atoms with E-state index in [1.54, 1.807) is 7.11 Å². The molecule has 116 valence electrons. The highest BCUT2D eigenvalue weighted by Gasteiger charge is 2.15. The minimum atomic E-state index is 0.663. The Morgan fingerprint density at radius 2 is 1.57 bits per heavy atom. The first-order chi connectivity index (χ1) is 11.1. The third kappa shape index (κ3) is 3.35. The van der Waals surface area contributed by atoms with E-state index in [4.69, 9.17) is 27.9 Å². The van der Waals surface area contributed by atoms with Crippen molar-refractivity contribution < 1.29 is 4.74 Å². The van der Waals surface area contributed by atoms with Gasteiger partial charge in [0, 0.05) is 32.7 Å². The molecule has 0 spiro atoms. The third-order valence-electron chi connectivity index (χ3n) is 3.51. The summed E-state index contributed by atoms with van der Waals surface area (Å²) in [4.78, 5) is 4.59. The Hall–Kier alpha value is -1.60. The maximum atomic E-state index is 6.09. The van der Waals surface area contributed by atoms with E-state index in [2.05, 4.69) is 14.2 Å². The molecule has 0 fully saturated rings. The minimum absolute atomic E-state index is 0.663. The van der Waals surface area contributed by atoms with Gasteiger partial charge in [0.05, 0.1) is 7.11 Å². The molecule has 0 bridgehead atoms. The smallest absolute Gasteiger partial charge is 0.152 e. The van der Waals surface area contributed by atoms with Crippen LogP contribution in [0.25, 0.3) is 22.4 Å². The van der Waals surface area contributed by atoms with E-state index in [9.17, 15) is 0 Å². The van der Waals surface area contributed by atoms with Gasteiger partial charge in [0.25, 0.3) is 0 Å². The summed E-state index contributed by atoms with van der Waals surface area (Å²) < 4.78 is 5.60. The summed E-state index contributed by atoms with van der Waals surface area (Å²) >= 11 is 12.2. The fourth-order valence-corrected chi connectivity index (χ4v) is 3.32. The third-order valence-corrected chi connectivity index (χ3v) is 4.55. The van der Waals surface area contributed by atoms with Crippen LogP contribution in [-0.2, 0) is 0 Å². The Morgan fingerprint density at radius 1 is 0.957 bits per heavy atom. The maximum Gasteiger partial charge on any atom is 0.152 e. The van der Waals surface area contributed by atoms with Gasteiger partial charge in [-0.2, -0.15) is 0 Å². The number of hydrogen-bond donors (Lipinski definition) is 0. The van der Waals surface area contributed by atoms with Gasteiger partial charge in [-0.15, -0.1) is 9.24 Å². The Labute approximate surface area is 147 Å². The van der Waals surface area contributed by atoms with Gasteiger partial charge in [-0.3, -0.25) is 4.98 Å². The molecule has 2 aromatic carbocycles. The highest BCUT2D eigenvalue weighted by atomic mass is 35.5. The van der Waals surface area contributed by atoms with Gasteiger partial charge in [0.1, 0.15) is 5.69 Å². The molecule has 0 N–H and O–H groups in total. The van der Waals surface area contributed by atoms with Crippen molar-refractivity contribution in [3.8, 4) is 28.1 Å². The van der Waals surface area contributed by atoms with Crippen molar-refractivity contribution >= 4 is 37.7 Å². The van der Waals surface area contributed by atoms with Crippen molar-refractivity contribution in [2.24, 2.45) is 0 Å². The lowest BCUT2D eigenvalue weighted by Crippen LogP contribution is -2.06. The lowest BCUT2D eigenvalue weighted by atomic mass is 10.0. The molecule has 1 atom stereocenters. The molecule has 3 rings (SSSR count). The van der Waals surface area contributed by atoms with E-state index in [-0.39, 0.29) is 0 Å². The first-order valence-electron chi connectivity index (χ1n) is 6.94. The predicted octanol–water partition coefficient (Wildman–Crippen LogP) is 5.23. The Kier molecular flexibility index (Phi) is 4.87. The topological polar surface area (TPSA) is 22.1 Å². The fraction of sp³-hybridized carbons (Fsp3) is 0.0556. The molecule has 0 aliphatic heterocycles. The van der Waals surface area contributed by atoms with Crippen molar-refractivity contribution in [1.82, 2.24) is 4.98 Å². The summed E-state index contributed by atoms with van der Waals surface area (Å²) in [5.41, 5.74) is 3.62. The number of rotatable bonds is 3. The maximum absolute atomic E-state index is 6.09. The molecule has 5 heteroatoms. The molecule has 1 heterocycles. The standard InChI is InChI=1S/C18H14Cl2NOP/c1-22-17-16(12-5-3-7-14(20)9-12)21-10-15(18(17)23)11-4-2-6-13(19)8-11/h2-10H,23H2,1H3. The highest BCUT2D eigenvalue weighted by Crippen LogP contribution is 2.33. The lowest BCUT2D eigenvalue weighted by molar-refractivity contribution is 0.418. The zero-order valence-electron chi connectivity index (χ0n) is 12.4. The summed E-state index contributed by atoms with van der Waals surface area (Å²) in [6.07, 6.45) is 1.83. The van der Waals surface area contributed by atoms with Crippen molar-refractivity contribution in [2.75, 3.05) is 7.11 Å². The number of methoxy groups -OCH3 is 1. The second kappa shape index (κ2) is 6.88. The van der Waals surface area contributed by atoms with E-state index in [1.807, 2.05) is 54.7 Å². The Bertz CT molecular complexity index is 867. The van der Waals surface area contributed by atoms with E-state index in [1.165, 1.54) is 0 Å². The zero-order chi connectivity index (χ0) is 16.4. The molecule has 1 unspecified atom stereocenters. The molecule has 0 aliphatic carbocycles. The first-order valence-corrected chi connectivity index (χ1v) is 8.28. The van der Waals surface area contributed by atoms with E-state index in [0.29, 0.717) is 15.8 Å². The normalized spacial score (nSPS) is 10.6. The van der Waals surface area contributed by atoms with Crippen molar-refractivity contribution in [1.29, 1.82) is 0 Å². The van der Waals surface area contributed by atoms with Crippen LogP contribution in [0.5, 0.6) is 5.75 Å². The highest BCUT2D eigenvalue weighted by molar-refractivity contribution is 7.28. The van der Waals surface area contributed by atoms with Crippen LogP contribution in [0, 0.1) is 0 Å². The molecule has 1 aromatic heterocycles. The Morgan fingerprint density at radius 3 is 2.17 bits per heavy atom. The summed E-state index contributed by atoms with van der Waals surface area (Å²) in [5, 5.41) is 2.28. The van der Waals surface area contributed by atoms with Crippen LogP contribution >= 0.6 is 32.4 Å². The largest absolute Gasteiger partial charge is 0.494 e. The molecule has 2 nitrogen and oxygen atoms in total. The second-order valence-electron chi connectivity index (χ2n) is 4.99. The van der Waals surface area contributed by atoms with Crippen molar-refractivity contribution in [3.05, 3.63) is 64.8 Å². The molecule has 0 saturated heterocycles. The molecule has 0 aliphatic rings. The quantitative estimate of drug-likeness (QED) is 0.595. The average Bonchev–Trinajstić information content (AvgIpc) is 2.54. The number of ether oxygens (including phenoxy) is 1. The molecule has 0 saturated carbocycles. The van der Waals surface area contributed by atoms with Crippen molar-refractivity contribution in [2.45, 2.75) is 0 Å². The summed E-state index contributed by atoms with van der Waals surface area (Å²) in [6.45, 7) is 0. The van der Waals surface area contributed by atoms with Crippen LogP contribution in [-0.4, -0.2) is 12.1 Å². The van der Waals surface area contributed by atoms with Crippen LogP contribution in [0.3, 0.4) is 0 Å². The van der Waals surface area contributed by atoms with Crippen molar-refractivity contribution in [3.63, 3.8) is 0 Å². The summed E-state index contributed by atoms with van der Waals surface area (Å²) in [7, 11) is 4.37. The molecule has 23 heavy (non-hydrogen) atoms. The molecule has 0 amide bonds. The van der Waals surface area contributed by atoms with Gasteiger partial charge in [0.15, 0.2) is 5.75 Å². The number of pyridine rings is 1. The lowest BCUT2D eigenvalue weighted by Gasteiger charge is -2.15. The summed E-state index contributed by atoms with van der Waals surface area (Å²) in [6, 6.07) is 15.2. The predicted molar refractivity (Wildman–Crippen MR) is 101 cm³/mol. The van der Waals surface area contributed by atoms with E-state index in [0.717, 1.165) is 27.7 Å². The first kappa shape index (κ1) is 16.3. The van der Waals surface area contributed by atoms with Crippen LogP contribution < -0.4 is 10.0 Å². The van der Waals surface area contributed by atoms with E-state index >= 15 is 0 Å². The van der Waals surface area contributed by atoms with Gasteiger partial charge in [-0.05, 0) is 29.8 Å². The fourth-order valence-electron chi connectivity index (χ4n) is 2.44. The summed E-state index contributed by atoms with van der Waals surface area (Å²) in [5.74, 6) is 0.703. The molecule has 0 radical (unpaired) electrons. The van der Waals surface area contributed by atoms with Crippen LogP contribution in [0.2, 0.25) is 10.0 Å². The van der Waals surface area contributed by atoms with Gasteiger partial charge in [-0.25, -0.2) is 0 Å². The van der Waals surface area contributed by atoms with Gasteiger partial charge in [-0.1, -0.05) is 47.5 Å². The minimum Gasteiger partial charge on any atom is -0.494 e. The Balaban J connectivity index is 2.17. The van der Waals surface area contributed by atoms with E-state index < -0.39 is 0 Å². The molecule has 3 aromatic rings. The van der Waals surface area contributed by atoms with Gasteiger partial charge >= 0.3 is 0 Å². The number of hydrogen-bond acceptors (Lipinski definition) is 2. The van der Waals surface area contributed by atoms with Crippen LogP contribution in [0.1, 0.15) is 0 Å². The SMILES string of the molecule is COc1c(-c2cccc(Cl)c2)ncc(-c2cccc(Cl)c2)c1P. The van der Waals surface area contributed by atoms with Gasteiger partial charge < -0.3 is 4.74 Å². The second-order valence-corrected chi connectivity index (χ2v) is 6.44. The van der Waals surface area contributed by atoms with Crippen LogP contribution in [0.15, 0.2) is 54.7 Å².